The first-order chi connectivity index (χ1) is 10.5. The highest BCUT2D eigenvalue weighted by atomic mass is 16.4. The first kappa shape index (κ1) is 14.8. The number of carbonyl (C=O) groups is 3. The highest BCUT2D eigenvalue weighted by Gasteiger charge is 2.51. The maximum atomic E-state index is 12.9. The van der Waals surface area contributed by atoms with Crippen LogP contribution in [0.2, 0.25) is 0 Å². The third-order valence-electron chi connectivity index (χ3n) is 4.88. The van der Waals surface area contributed by atoms with E-state index in [9.17, 15) is 14.4 Å². The molecule has 118 valence electrons. The van der Waals surface area contributed by atoms with E-state index in [-0.39, 0.29) is 0 Å². The molecule has 1 heterocycles. The molecule has 0 bridgehead atoms. The summed E-state index contributed by atoms with van der Waals surface area (Å²) < 4.78 is 1.87. The highest BCUT2D eigenvalue weighted by molar-refractivity contribution is 6.16. The molecule has 2 saturated carbocycles. The van der Waals surface area contributed by atoms with Gasteiger partial charge in [0.1, 0.15) is 5.54 Å². The van der Waals surface area contributed by atoms with Crippen molar-refractivity contribution in [3.05, 3.63) is 24.0 Å². The molecule has 0 aliphatic heterocycles. The predicted octanol–water partition coefficient (Wildman–Crippen LogP) is 1.99. The molecule has 3 rings (SSSR count). The van der Waals surface area contributed by atoms with Crippen LogP contribution in [-0.2, 0) is 19.9 Å². The molecule has 0 atom stereocenters. The molecule has 0 aromatic carbocycles. The molecule has 0 saturated heterocycles. The zero-order valence-electron chi connectivity index (χ0n) is 12.2. The van der Waals surface area contributed by atoms with Crippen molar-refractivity contribution in [2.75, 3.05) is 0 Å². The second-order valence-electron chi connectivity index (χ2n) is 6.29. The zero-order chi connectivity index (χ0) is 15.9. The first-order valence-corrected chi connectivity index (χ1v) is 7.65. The number of aromatic nitrogens is 1. The standard InChI is InChI=1S/C16H19NO5/c18-13(12(14(19)20)15(21)22)16(7-1-2-8-16)17-9-3-4-11(17)10-5-6-10/h3-4,9-10,12H,1-2,5-8H2,(H,19,20)(H,21,22). The molecule has 1 aromatic heterocycles. The average Bonchev–Trinajstić information content (AvgIpc) is 2.99. The van der Waals surface area contributed by atoms with Crippen molar-refractivity contribution in [2.24, 2.45) is 5.92 Å². The van der Waals surface area contributed by atoms with Crippen LogP contribution in [-0.4, -0.2) is 32.5 Å². The van der Waals surface area contributed by atoms with Gasteiger partial charge in [0.15, 0.2) is 5.78 Å². The lowest BCUT2D eigenvalue weighted by molar-refractivity contribution is -0.160. The summed E-state index contributed by atoms with van der Waals surface area (Å²) in [4.78, 5) is 35.4. The molecule has 2 aliphatic rings. The van der Waals surface area contributed by atoms with Gasteiger partial charge in [-0.05, 0) is 43.7 Å². The quantitative estimate of drug-likeness (QED) is 0.783. The Morgan fingerprint density at radius 2 is 1.73 bits per heavy atom. The van der Waals surface area contributed by atoms with Gasteiger partial charge in [-0.2, -0.15) is 0 Å². The van der Waals surface area contributed by atoms with Crippen LogP contribution in [0.25, 0.3) is 0 Å². The molecule has 0 spiro atoms. The summed E-state index contributed by atoms with van der Waals surface area (Å²) in [5.41, 5.74) is 0.0212. The minimum absolute atomic E-state index is 0.411. The molecule has 1 aromatic rings. The molecule has 6 heteroatoms. The lowest BCUT2D eigenvalue weighted by atomic mass is 9.83. The van der Waals surface area contributed by atoms with Crippen molar-refractivity contribution in [2.45, 2.75) is 50.0 Å². The van der Waals surface area contributed by atoms with E-state index < -0.39 is 29.2 Å². The fraction of sp³-hybridized carbons (Fsp3) is 0.562. The minimum Gasteiger partial charge on any atom is -0.480 e. The number of ketones is 1. The zero-order valence-corrected chi connectivity index (χ0v) is 12.2. The van der Waals surface area contributed by atoms with E-state index in [4.69, 9.17) is 10.2 Å². The summed E-state index contributed by atoms with van der Waals surface area (Å²) in [6.45, 7) is 0. The van der Waals surface area contributed by atoms with E-state index in [0.29, 0.717) is 18.8 Å². The fourth-order valence-electron chi connectivity index (χ4n) is 3.66. The van der Waals surface area contributed by atoms with Crippen LogP contribution in [0, 0.1) is 5.92 Å². The van der Waals surface area contributed by atoms with Gasteiger partial charge in [0.05, 0.1) is 0 Å². The van der Waals surface area contributed by atoms with E-state index >= 15 is 0 Å². The molecule has 0 unspecified atom stereocenters. The molecular weight excluding hydrogens is 286 g/mol. The van der Waals surface area contributed by atoms with E-state index in [2.05, 4.69) is 0 Å². The normalized spacial score (nSPS) is 20.2. The Kier molecular flexibility index (Phi) is 3.54. The van der Waals surface area contributed by atoms with Crippen LogP contribution in [0.3, 0.4) is 0 Å². The summed E-state index contributed by atoms with van der Waals surface area (Å²) in [5, 5.41) is 18.3. The SMILES string of the molecule is O=C(O)C(C(=O)O)C(=O)C1(n2cccc2C2CC2)CCCC1. The number of carboxylic acid groups (broad SMARTS) is 2. The maximum absolute atomic E-state index is 12.9. The number of aliphatic carboxylic acids is 2. The highest BCUT2D eigenvalue weighted by Crippen LogP contribution is 2.46. The topological polar surface area (TPSA) is 96.6 Å². The molecule has 2 aliphatic carbocycles. The molecule has 6 nitrogen and oxygen atoms in total. The molecule has 22 heavy (non-hydrogen) atoms. The van der Waals surface area contributed by atoms with E-state index in [1.165, 1.54) is 0 Å². The molecule has 0 amide bonds. The van der Waals surface area contributed by atoms with Crippen LogP contribution < -0.4 is 0 Å². The predicted molar refractivity (Wildman–Crippen MR) is 76.6 cm³/mol. The molecule has 2 N–H and O–H groups in total. The Morgan fingerprint density at radius 1 is 1.14 bits per heavy atom. The van der Waals surface area contributed by atoms with Gasteiger partial charge in [0, 0.05) is 11.9 Å². The number of hydrogen-bond donors (Lipinski definition) is 2. The maximum Gasteiger partial charge on any atom is 0.325 e. The van der Waals surface area contributed by atoms with Crippen molar-refractivity contribution >= 4 is 17.7 Å². The lowest BCUT2D eigenvalue weighted by Crippen LogP contribution is -2.48. The van der Waals surface area contributed by atoms with Crippen molar-refractivity contribution in [3.63, 3.8) is 0 Å². The third kappa shape index (κ3) is 2.23. The van der Waals surface area contributed by atoms with Crippen LogP contribution >= 0.6 is 0 Å². The Morgan fingerprint density at radius 3 is 2.23 bits per heavy atom. The molecule has 2 fully saturated rings. The van der Waals surface area contributed by atoms with Crippen LogP contribution in [0.4, 0.5) is 0 Å². The van der Waals surface area contributed by atoms with Gasteiger partial charge in [-0.3, -0.25) is 14.4 Å². The van der Waals surface area contributed by atoms with Gasteiger partial charge in [-0.1, -0.05) is 12.8 Å². The Bertz CT molecular complexity index is 608. The van der Waals surface area contributed by atoms with Crippen LogP contribution in [0.15, 0.2) is 18.3 Å². The number of rotatable bonds is 6. The second kappa shape index (κ2) is 5.26. The Labute approximate surface area is 127 Å². The Hall–Kier alpha value is -2.11. The van der Waals surface area contributed by atoms with Gasteiger partial charge in [-0.15, -0.1) is 0 Å². The summed E-state index contributed by atoms with van der Waals surface area (Å²) in [6, 6.07) is 3.82. The average molecular weight is 305 g/mol. The number of carbonyl (C=O) groups excluding carboxylic acids is 1. The van der Waals surface area contributed by atoms with E-state index in [0.717, 1.165) is 31.4 Å². The number of Topliss-reactive ketones (excluding diaryl/α,β-unsaturated/α-hetero) is 1. The van der Waals surface area contributed by atoms with Gasteiger partial charge in [0.25, 0.3) is 0 Å². The fourth-order valence-corrected chi connectivity index (χ4v) is 3.66. The van der Waals surface area contributed by atoms with Crippen LogP contribution in [0.1, 0.15) is 50.1 Å². The van der Waals surface area contributed by atoms with E-state index in [1.54, 1.807) is 6.20 Å². The Balaban J connectivity index is 2.04. The van der Waals surface area contributed by atoms with Gasteiger partial charge in [-0.25, -0.2) is 0 Å². The molecular formula is C16H19NO5. The lowest BCUT2D eigenvalue weighted by Gasteiger charge is -2.33. The van der Waals surface area contributed by atoms with Gasteiger partial charge in [0.2, 0.25) is 5.92 Å². The second-order valence-corrected chi connectivity index (χ2v) is 6.29. The van der Waals surface area contributed by atoms with Crippen molar-refractivity contribution in [1.29, 1.82) is 0 Å². The number of hydrogen-bond acceptors (Lipinski definition) is 3. The van der Waals surface area contributed by atoms with Crippen molar-refractivity contribution < 1.29 is 24.6 Å². The summed E-state index contributed by atoms with van der Waals surface area (Å²) in [5.74, 6) is -5.43. The first-order valence-electron chi connectivity index (χ1n) is 7.65. The summed E-state index contributed by atoms with van der Waals surface area (Å²) >= 11 is 0. The van der Waals surface area contributed by atoms with Gasteiger partial charge >= 0.3 is 11.9 Å². The minimum atomic E-state index is -1.99. The van der Waals surface area contributed by atoms with Crippen molar-refractivity contribution in [3.8, 4) is 0 Å². The number of carboxylic acids is 2. The van der Waals surface area contributed by atoms with Crippen LogP contribution in [0.5, 0.6) is 0 Å². The third-order valence-corrected chi connectivity index (χ3v) is 4.88. The number of nitrogens with zero attached hydrogens (tertiary/aromatic N) is 1. The van der Waals surface area contributed by atoms with E-state index in [1.807, 2.05) is 16.7 Å². The smallest absolute Gasteiger partial charge is 0.325 e. The molecule has 0 radical (unpaired) electrons. The monoisotopic (exact) mass is 305 g/mol. The summed E-state index contributed by atoms with van der Waals surface area (Å²) in [7, 11) is 0. The van der Waals surface area contributed by atoms with Gasteiger partial charge < -0.3 is 14.8 Å². The largest absolute Gasteiger partial charge is 0.480 e. The van der Waals surface area contributed by atoms with Crippen molar-refractivity contribution in [1.82, 2.24) is 4.57 Å². The summed E-state index contributed by atoms with van der Waals surface area (Å²) in [6.07, 6.45) is 6.57.